The van der Waals surface area contributed by atoms with Crippen LogP contribution in [0.15, 0.2) is 16.7 Å². The highest BCUT2D eigenvalue weighted by Crippen LogP contribution is 2.22. The van der Waals surface area contributed by atoms with Gasteiger partial charge < -0.3 is 9.52 Å². The van der Waals surface area contributed by atoms with Crippen LogP contribution in [0.4, 0.5) is 0 Å². The second-order valence-corrected chi connectivity index (χ2v) is 4.71. The molecule has 4 nitrogen and oxygen atoms in total. The molecule has 1 aliphatic rings. The Kier molecular flexibility index (Phi) is 3.84. The highest BCUT2D eigenvalue weighted by Gasteiger charge is 2.21. The van der Waals surface area contributed by atoms with Crippen LogP contribution in [0.2, 0.25) is 0 Å². The van der Waals surface area contributed by atoms with Gasteiger partial charge in [-0.3, -0.25) is 4.90 Å². The average molecular weight is 237 g/mol. The topological polar surface area (TPSA) is 53.7 Å². The zero-order valence-electron chi connectivity index (χ0n) is 10.2. The van der Waals surface area contributed by atoms with Crippen LogP contribution >= 0.6 is 0 Å². The Morgan fingerprint density at radius 1 is 1.53 bits per heavy atom. The number of carboxylic acids is 1. The lowest BCUT2D eigenvalue weighted by atomic mass is 9.94. The van der Waals surface area contributed by atoms with Crippen molar-refractivity contribution in [1.82, 2.24) is 4.90 Å². The third-order valence-electron chi connectivity index (χ3n) is 3.62. The van der Waals surface area contributed by atoms with Gasteiger partial charge in [0.25, 0.3) is 0 Å². The van der Waals surface area contributed by atoms with Crippen molar-refractivity contribution in [3.63, 3.8) is 0 Å². The van der Waals surface area contributed by atoms with Crippen molar-refractivity contribution in [2.24, 2.45) is 5.92 Å². The van der Waals surface area contributed by atoms with E-state index in [4.69, 9.17) is 9.52 Å². The molecule has 1 saturated heterocycles. The summed E-state index contributed by atoms with van der Waals surface area (Å²) in [5, 5.41) is 8.95. The van der Waals surface area contributed by atoms with E-state index in [2.05, 4.69) is 11.8 Å². The molecular formula is C13H19NO3. The summed E-state index contributed by atoms with van der Waals surface area (Å²) >= 11 is 0. The molecule has 0 unspecified atom stereocenters. The van der Waals surface area contributed by atoms with Gasteiger partial charge in [-0.1, -0.05) is 13.3 Å². The first kappa shape index (κ1) is 12.2. The van der Waals surface area contributed by atoms with Crippen molar-refractivity contribution in [2.45, 2.75) is 32.7 Å². The van der Waals surface area contributed by atoms with E-state index in [0.717, 1.165) is 24.6 Å². The lowest BCUT2D eigenvalue weighted by Gasteiger charge is -2.31. The fourth-order valence-corrected chi connectivity index (χ4v) is 2.44. The molecule has 17 heavy (non-hydrogen) atoms. The van der Waals surface area contributed by atoms with Crippen molar-refractivity contribution >= 4 is 5.97 Å². The molecule has 2 rings (SSSR count). The molecule has 94 valence electrons. The van der Waals surface area contributed by atoms with Gasteiger partial charge in [-0.05, 0) is 37.9 Å². The number of hydrogen-bond donors (Lipinski definition) is 1. The van der Waals surface area contributed by atoms with Gasteiger partial charge in [-0.15, -0.1) is 0 Å². The molecule has 1 aliphatic heterocycles. The molecule has 4 heteroatoms. The van der Waals surface area contributed by atoms with Crippen molar-refractivity contribution in [1.29, 1.82) is 0 Å². The molecule has 0 atom stereocenters. The van der Waals surface area contributed by atoms with Gasteiger partial charge in [0.05, 0.1) is 6.26 Å². The fourth-order valence-electron chi connectivity index (χ4n) is 2.44. The summed E-state index contributed by atoms with van der Waals surface area (Å²) in [7, 11) is 0. The van der Waals surface area contributed by atoms with Gasteiger partial charge in [0.15, 0.2) is 0 Å². The Hall–Kier alpha value is -1.29. The predicted octanol–water partition coefficient (Wildman–Crippen LogP) is 2.60. The largest absolute Gasteiger partial charge is 0.475 e. The first-order valence-electron chi connectivity index (χ1n) is 6.22. The molecule has 1 aromatic rings. The van der Waals surface area contributed by atoms with E-state index in [1.54, 1.807) is 6.07 Å². The Morgan fingerprint density at radius 3 is 2.82 bits per heavy atom. The number of hydrogen-bond acceptors (Lipinski definition) is 3. The Bertz CT molecular complexity index is 378. The van der Waals surface area contributed by atoms with Gasteiger partial charge in [0.2, 0.25) is 5.76 Å². The molecule has 0 spiro atoms. The minimum absolute atomic E-state index is 0.0858. The molecule has 0 aromatic carbocycles. The number of carboxylic acid groups (broad SMARTS) is 1. The minimum Gasteiger partial charge on any atom is -0.475 e. The summed E-state index contributed by atoms with van der Waals surface area (Å²) in [5.74, 6) is -0.0504. The molecule has 0 saturated carbocycles. The highest BCUT2D eigenvalue weighted by molar-refractivity contribution is 5.86. The summed E-state index contributed by atoms with van der Waals surface area (Å²) in [5.41, 5.74) is 0.785. The zero-order chi connectivity index (χ0) is 12.3. The standard InChI is InChI=1S/C13H19NO3/c1-2-10-3-6-14(7-4-10)9-11-5-8-17-12(11)13(15)16/h5,8,10H,2-4,6-7,9H2,1H3,(H,15,16). The summed E-state index contributed by atoms with van der Waals surface area (Å²) in [4.78, 5) is 13.2. The molecule has 0 amide bonds. The molecule has 0 radical (unpaired) electrons. The molecule has 1 fully saturated rings. The number of piperidine rings is 1. The van der Waals surface area contributed by atoms with E-state index in [9.17, 15) is 4.79 Å². The first-order chi connectivity index (χ1) is 8.20. The summed E-state index contributed by atoms with van der Waals surface area (Å²) in [6.07, 6.45) is 5.14. The predicted molar refractivity (Wildman–Crippen MR) is 64.0 cm³/mol. The van der Waals surface area contributed by atoms with Gasteiger partial charge in [0.1, 0.15) is 0 Å². The molecule has 1 aromatic heterocycles. The number of nitrogens with zero attached hydrogens (tertiary/aromatic N) is 1. The van der Waals surface area contributed by atoms with E-state index in [-0.39, 0.29) is 5.76 Å². The number of carbonyl (C=O) groups is 1. The maximum atomic E-state index is 10.9. The minimum atomic E-state index is -0.978. The van der Waals surface area contributed by atoms with Crippen molar-refractivity contribution in [3.8, 4) is 0 Å². The van der Waals surface area contributed by atoms with Gasteiger partial charge in [0, 0.05) is 12.1 Å². The molecule has 2 heterocycles. The highest BCUT2D eigenvalue weighted by atomic mass is 16.4. The fraction of sp³-hybridized carbons (Fsp3) is 0.615. The van der Waals surface area contributed by atoms with Gasteiger partial charge in [-0.2, -0.15) is 0 Å². The summed E-state index contributed by atoms with van der Waals surface area (Å²) < 4.78 is 4.98. The molecule has 0 bridgehead atoms. The van der Waals surface area contributed by atoms with Crippen LogP contribution < -0.4 is 0 Å². The van der Waals surface area contributed by atoms with Gasteiger partial charge in [-0.25, -0.2) is 4.79 Å². The van der Waals surface area contributed by atoms with Crippen LogP contribution in [0.1, 0.15) is 42.3 Å². The first-order valence-corrected chi connectivity index (χ1v) is 6.22. The zero-order valence-corrected chi connectivity index (χ0v) is 10.2. The SMILES string of the molecule is CCC1CCN(Cc2ccoc2C(=O)O)CC1. The summed E-state index contributed by atoms with van der Waals surface area (Å²) in [6.45, 7) is 5.04. The maximum Gasteiger partial charge on any atom is 0.372 e. The van der Waals surface area contributed by atoms with E-state index >= 15 is 0 Å². The van der Waals surface area contributed by atoms with Crippen molar-refractivity contribution in [2.75, 3.05) is 13.1 Å². The van der Waals surface area contributed by atoms with Crippen molar-refractivity contribution < 1.29 is 14.3 Å². The lowest BCUT2D eigenvalue weighted by molar-refractivity contribution is 0.0658. The Balaban J connectivity index is 1.93. The van der Waals surface area contributed by atoms with E-state index < -0.39 is 5.97 Å². The third kappa shape index (κ3) is 2.88. The van der Waals surface area contributed by atoms with Crippen LogP contribution in [0.5, 0.6) is 0 Å². The molecule has 1 N–H and O–H groups in total. The van der Waals surface area contributed by atoms with Crippen molar-refractivity contribution in [3.05, 3.63) is 23.7 Å². The normalized spacial score (nSPS) is 18.4. The second-order valence-electron chi connectivity index (χ2n) is 4.71. The number of furan rings is 1. The monoisotopic (exact) mass is 237 g/mol. The number of rotatable bonds is 4. The van der Waals surface area contributed by atoms with E-state index in [1.165, 1.54) is 25.5 Å². The number of likely N-dealkylation sites (tertiary alicyclic amines) is 1. The number of aromatic carboxylic acids is 1. The maximum absolute atomic E-state index is 10.9. The van der Waals surface area contributed by atoms with Gasteiger partial charge >= 0.3 is 5.97 Å². The second kappa shape index (κ2) is 5.36. The average Bonchev–Trinajstić information content (AvgIpc) is 2.78. The molecular weight excluding hydrogens is 218 g/mol. The van der Waals surface area contributed by atoms with Crippen LogP contribution in [0.25, 0.3) is 0 Å². The van der Waals surface area contributed by atoms with Crippen LogP contribution in [0, 0.1) is 5.92 Å². The van der Waals surface area contributed by atoms with E-state index in [1.807, 2.05) is 0 Å². The molecule has 0 aliphatic carbocycles. The quantitative estimate of drug-likeness (QED) is 0.874. The van der Waals surface area contributed by atoms with Crippen LogP contribution in [-0.2, 0) is 6.54 Å². The van der Waals surface area contributed by atoms with E-state index in [0.29, 0.717) is 6.54 Å². The third-order valence-corrected chi connectivity index (χ3v) is 3.62. The Labute approximate surface area is 101 Å². The Morgan fingerprint density at radius 2 is 2.24 bits per heavy atom. The lowest BCUT2D eigenvalue weighted by Crippen LogP contribution is -2.33. The smallest absolute Gasteiger partial charge is 0.372 e. The summed E-state index contributed by atoms with van der Waals surface area (Å²) in [6, 6.07) is 1.76. The van der Waals surface area contributed by atoms with Crippen LogP contribution in [0.3, 0.4) is 0 Å². The van der Waals surface area contributed by atoms with Crippen LogP contribution in [-0.4, -0.2) is 29.1 Å².